The lowest BCUT2D eigenvalue weighted by Crippen LogP contribution is -2.18. The van der Waals surface area contributed by atoms with E-state index in [9.17, 15) is 21.6 Å². The molecule has 0 unspecified atom stereocenters. The summed E-state index contributed by atoms with van der Waals surface area (Å²) in [5.74, 6) is -1.13. The van der Waals surface area contributed by atoms with E-state index >= 15 is 0 Å². The predicted molar refractivity (Wildman–Crippen MR) is 115 cm³/mol. The first-order valence-corrected chi connectivity index (χ1v) is 12.3. The quantitative estimate of drug-likeness (QED) is 0.514. The van der Waals surface area contributed by atoms with Crippen LogP contribution >= 0.6 is 11.6 Å². The molecule has 2 aromatic carbocycles. The Morgan fingerprint density at radius 1 is 1.03 bits per heavy atom. The third-order valence-electron chi connectivity index (χ3n) is 4.13. The maximum atomic E-state index is 12.7. The maximum Gasteiger partial charge on any atom is 0.275 e. The Morgan fingerprint density at radius 2 is 1.65 bits per heavy atom. The molecule has 3 rings (SSSR count). The first kappa shape index (κ1) is 22.8. The number of amides is 1. The highest BCUT2D eigenvalue weighted by Gasteiger charge is 2.23. The maximum absolute atomic E-state index is 12.7. The van der Waals surface area contributed by atoms with Gasteiger partial charge in [-0.2, -0.15) is 0 Å². The summed E-state index contributed by atoms with van der Waals surface area (Å²) in [7, 11) is -7.81. The van der Waals surface area contributed by atoms with Crippen molar-refractivity contribution in [3.63, 3.8) is 0 Å². The number of sulfone groups is 1. The van der Waals surface area contributed by atoms with Gasteiger partial charge in [-0.1, -0.05) is 41.4 Å². The van der Waals surface area contributed by atoms with Gasteiger partial charge in [-0.3, -0.25) is 4.79 Å². The van der Waals surface area contributed by atoms with E-state index in [-0.39, 0.29) is 27.1 Å². The van der Waals surface area contributed by atoms with Crippen LogP contribution in [-0.2, 0) is 25.6 Å². The van der Waals surface area contributed by atoms with Crippen molar-refractivity contribution in [1.29, 1.82) is 0 Å². The van der Waals surface area contributed by atoms with E-state index in [1.165, 1.54) is 24.3 Å². The van der Waals surface area contributed by atoms with Gasteiger partial charge in [0.15, 0.2) is 5.69 Å². The molecule has 0 atom stereocenters. The summed E-state index contributed by atoms with van der Waals surface area (Å²) in [6, 6.07) is 12.0. The summed E-state index contributed by atoms with van der Waals surface area (Å²) in [5.41, 5.74) is 1.43. The number of hydrogen-bond acceptors (Lipinski definition) is 7. The highest BCUT2D eigenvalue weighted by Crippen LogP contribution is 2.20. The molecule has 12 heteroatoms. The van der Waals surface area contributed by atoms with Crippen molar-refractivity contribution in [2.24, 2.45) is 5.14 Å². The largest absolute Gasteiger partial charge is 0.321 e. The van der Waals surface area contributed by atoms with Gasteiger partial charge in [0, 0.05) is 5.69 Å². The van der Waals surface area contributed by atoms with E-state index in [0.29, 0.717) is 5.56 Å². The fraction of sp³-hybridized carbons (Fsp3) is 0.105. The van der Waals surface area contributed by atoms with Crippen LogP contribution in [0.1, 0.15) is 21.6 Å². The highest BCUT2D eigenvalue weighted by atomic mass is 35.5. The van der Waals surface area contributed by atoms with Gasteiger partial charge in [0.2, 0.25) is 25.0 Å². The predicted octanol–water partition coefficient (Wildman–Crippen LogP) is 2.31. The third kappa shape index (κ3) is 5.64. The zero-order valence-corrected chi connectivity index (χ0v) is 18.5. The Labute approximate surface area is 184 Å². The lowest BCUT2D eigenvalue weighted by molar-refractivity contribution is 0.102. The van der Waals surface area contributed by atoms with Gasteiger partial charge in [0.1, 0.15) is 0 Å². The standard InChI is InChI=1S/C19H17ClN4O5S2/c1-12-2-4-13(5-3-12)11-30(26,27)19-22-10-16(20)17(24-19)18(25)23-14-6-8-15(9-7-14)31(21,28)29/h2-10H,11H2,1H3,(H,23,25)(H2,21,28,29). The van der Waals surface area contributed by atoms with E-state index < -0.39 is 30.9 Å². The van der Waals surface area contributed by atoms with Crippen molar-refractivity contribution < 1.29 is 21.6 Å². The molecule has 1 amide bonds. The minimum Gasteiger partial charge on any atom is -0.321 e. The normalized spacial score (nSPS) is 11.8. The zero-order chi connectivity index (χ0) is 22.8. The Morgan fingerprint density at radius 3 is 2.23 bits per heavy atom. The Kier molecular flexibility index (Phi) is 6.41. The molecule has 0 fully saturated rings. The number of hydrogen-bond donors (Lipinski definition) is 2. The number of nitrogens with zero attached hydrogens (tertiary/aromatic N) is 2. The van der Waals surface area contributed by atoms with Crippen LogP contribution in [0.15, 0.2) is 64.8 Å². The molecule has 162 valence electrons. The summed E-state index contributed by atoms with van der Waals surface area (Å²) < 4.78 is 48.0. The van der Waals surface area contributed by atoms with Crippen molar-refractivity contribution in [1.82, 2.24) is 9.97 Å². The first-order chi connectivity index (χ1) is 14.5. The van der Waals surface area contributed by atoms with Crippen LogP contribution in [-0.4, -0.2) is 32.7 Å². The number of sulfonamides is 1. The minimum absolute atomic E-state index is 0.130. The van der Waals surface area contributed by atoms with E-state index in [4.69, 9.17) is 16.7 Å². The van der Waals surface area contributed by atoms with Gasteiger partial charge in [0.25, 0.3) is 5.91 Å². The fourth-order valence-electron chi connectivity index (χ4n) is 2.55. The smallest absolute Gasteiger partial charge is 0.275 e. The molecule has 3 N–H and O–H groups in total. The van der Waals surface area contributed by atoms with Gasteiger partial charge >= 0.3 is 0 Å². The number of aromatic nitrogens is 2. The van der Waals surface area contributed by atoms with Crippen molar-refractivity contribution >= 4 is 43.1 Å². The number of primary sulfonamides is 1. The van der Waals surface area contributed by atoms with Crippen molar-refractivity contribution in [2.75, 3.05) is 5.32 Å². The highest BCUT2D eigenvalue weighted by molar-refractivity contribution is 7.90. The Balaban J connectivity index is 1.84. The van der Waals surface area contributed by atoms with Crippen LogP contribution in [0.3, 0.4) is 0 Å². The Bertz CT molecular complexity index is 1340. The number of aryl methyl sites for hydroxylation is 1. The molecule has 0 aliphatic carbocycles. The van der Waals surface area contributed by atoms with Gasteiger partial charge in [0.05, 0.1) is 21.9 Å². The number of nitrogens with one attached hydrogen (secondary N) is 1. The van der Waals surface area contributed by atoms with Crippen LogP contribution in [0.2, 0.25) is 5.02 Å². The number of benzene rings is 2. The second kappa shape index (κ2) is 8.71. The van der Waals surface area contributed by atoms with Gasteiger partial charge < -0.3 is 5.32 Å². The molecule has 0 spiro atoms. The van der Waals surface area contributed by atoms with Crippen LogP contribution in [0.25, 0.3) is 0 Å². The molecule has 1 heterocycles. The van der Waals surface area contributed by atoms with Gasteiger partial charge in [-0.05, 0) is 36.8 Å². The number of carbonyl (C=O) groups is 1. The van der Waals surface area contributed by atoms with Crippen molar-refractivity contribution in [2.45, 2.75) is 22.7 Å². The number of halogens is 1. The lowest BCUT2D eigenvalue weighted by atomic mass is 10.2. The zero-order valence-electron chi connectivity index (χ0n) is 16.1. The van der Waals surface area contributed by atoms with Crippen molar-refractivity contribution in [3.8, 4) is 0 Å². The van der Waals surface area contributed by atoms with Gasteiger partial charge in [-0.25, -0.2) is 31.9 Å². The first-order valence-electron chi connectivity index (χ1n) is 8.71. The average Bonchev–Trinajstić information content (AvgIpc) is 2.69. The number of nitrogens with two attached hydrogens (primary N) is 1. The molecule has 0 aliphatic heterocycles. The van der Waals surface area contributed by atoms with E-state index in [2.05, 4.69) is 15.3 Å². The summed E-state index contributed by atoms with van der Waals surface area (Å²) in [5, 5.41) is 6.82. The van der Waals surface area contributed by atoms with Crippen LogP contribution in [0.5, 0.6) is 0 Å². The monoisotopic (exact) mass is 480 g/mol. The summed E-state index contributed by atoms with van der Waals surface area (Å²) in [6.07, 6.45) is 1.04. The molecule has 0 saturated heterocycles. The molecule has 3 aromatic rings. The summed E-state index contributed by atoms with van der Waals surface area (Å²) in [6.45, 7) is 1.88. The molecule has 0 radical (unpaired) electrons. The molecule has 1 aromatic heterocycles. The molecular formula is C19H17ClN4O5S2. The third-order valence-corrected chi connectivity index (χ3v) is 6.81. The topological polar surface area (TPSA) is 149 Å². The van der Waals surface area contributed by atoms with Crippen LogP contribution in [0, 0.1) is 6.92 Å². The van der Waals surface area contributed by atoms with Gasteiger partial charge in [-0.15, -0.1) is 0 Å². The molecule has 9 nitrogen and oxygen atoms in total. The molecule has 0 aliphatic rings. The average molecular weight is 481 g/mol. The molecular weight excluding hydrogens is 464 g/mol. The van der Waals surface area contributed by atoms with Crippen molar-refractivity contribution in [3.05, 3.63) is 76.6 Å². The Hall–Kier alpha value is -2.86. The van der Waals surface area contributed by atoms with E-state index in [0.717, 1.165) is 11.8 Å². The fourth-order valence-corrected chi connectivity index (χ4v) is 4.44. The molecule has 0 saturated carbocycles. The second-order valence-electron chi connectivity index (χ2n) is 6.62. The number of carbonyl (C=O) groups excluding carboxylic acids is 1. The second-order valence-corrected chi connectivity index (χ2v) is 10.5. The van der Waals surface area contributed by atoms with Crippen LogP contribution < -0.4 is 10.5 Å². The number of rotatable bonds is 6. The van der Waals surface area contributed by atoms with E-state index in [1.54, 1.807) is 24.3 Å². The SMILES string of the molecule is Cc1ccc(CS(=O)(=O)c2ncc(Cl)c(C(=O)Nc3ccc(S(N)(=O)=O)cc3)n2)cc1. The minimum atomic E-state index is -3.94. The lowest BCUT2D eigenvalue weighted by Gasteiger charge is -2.09. The summed E-state index contributed by atoms with van der Waals surface area (Å²) >= 11 is 5.99. The summed E-state index contributed by atoms with van der Waals surface area (Å²) in [4.78, 5) is 20.1. The number of anilines is 1. The molecule has 31 heavy (non-hydrogen) atoms. The molecule has 0 bridgehead atoms. The van der Waals surface area contributed by atoms with Crippen LogP contribution in [0.4, 0.5) is 5.69 Å². The van der Waals surface area contributed by atoms with E-state index in [1.807, 2.05) is 6.92 Å².